The van der Waals surface area contributed by atoms with E-state index in [0.717, 1.165) is 43.0 Å². The SMILES string of the molecule is CCN(CC)c1ccc(C=NN2C(=O)NC3(CCCCC3)C2=O)c(O)c1. The van der Waals surface area contributed by atoms with Gasteiger partial charge in [0.1, 0.15) is 11.3 Å². The topological polar surface area (TPSA) is 85.2 Å². The fraction of sp³-hybridized carbons (Fsp3) is 0.526. The highest BCUT2D eigenvalue weighted by atomic mass is 16.3. The molecule has 0 atom stereocenters. The molecule has 3 rings (SSSR count). The molecule has 1 aromatic rings. The second-order valence-corrected chi connectivity index (χ2v) is 6.85. The summed E-state index contributed by atoms with van der Waals surface area (Å²) >= 11 is 0. The van der Waals surface area contributed by atoms with Crippen LogP contribution in [0.25, 0.3) is 0 Å². The molecule has 0 unspecified atom stereocenters. The molecule has 3 amide bonds. The molecular formula is C19H26N4O3. The van der Waals surface area contributed by atoms with Crippen LogP contribution in [0.2, 0.25) is 0 Å². The minimum absolute atomic E-state index is 0.0672. The molecule has 1 saturated carbocycles. The van der Waals surface area contributed by atoms with E-state index in [1.807, 2.05) is 6.07 Å². The van der Waals surface area contributed by atoms with E-state index < -0.39 is 11.6 Å². The van der Waals surface area contributed by atoms with Crippen molar-refractivity contribution in [2.24, 2.45) is 5.10 Å². The molecule has 140 valence electrons. The number of nitrogens with zero attached hydrogens (tertiary/aromatic N) is 3. The lowest BCUT2D eigenvalue weighted by Crippen LogP contribution is -2.48. The standard InChI is InChI=1S/C19H26N4O3/c1-3-22(4-2)15-9-8-14(16(24)12-15)13-20-23-17(25)19(21-18(23)26)10-6-5-7-11-19/h8-9,12-13,24H,3-7,10-11H2,1-2H3,(H,21,26). The molecule has 0 bridgehead atoms. The number of hydrogen-bond acceptors (Lipinski definition) is 5. The van der Waals surface area contributed by atoms with E-state index in [2.05, 4.69) is 29.2 Å². The number of carbonyl (C=O) groups is 2. The van der Waals surface area contributed by atoms with Gasteiger partial charge in [-0.1, -0.05) is 19.3 Å². The smallest absolute Gasteiger partial charge is 0.346 e. The van der Waals surface area contributed by atoms with Gasteiger partial charge in [0.2, 0.25) is 0 Å². The molecule has 0 aromatic heterocycles. The first kappa shape index (κ1) is 18.2. The number of rotatable bonds is 5. The summed E-state index contributed by atoms with van der Waals surface area (Å²) in [6, 6.07) is 4.81. The van der Waals surface area contributed by atoms with Crippen molar-refractivity contribution in [1.82, 2.24) is 10.3 Å². The summed E-state index contributed by atoms with van der Waals surface area (Å²) in [6.45, 7) is 5.78. The maximum Gasteiger partial charge on any atom is 0.346 e. The van der Waals surface area contributed by atoms with Crippen LogP contribution in [0.15, 0.2) is 23.3 Å². The Kier molecular flexibility index (Phi) is 5.15. The van der Waals surface area contributed by atoms with E-state index in [-0.39, 0.29) is 11.7 Å². The van der Waals surface area contributed by atoms with Crippen molar-refractivity contribution in [2.45, 2.75) is 51.5 Å². The average molecular weight is 358 g/mol. The molecular weight excluding hydrogens is 332 g/mol. The summed E-state index contributed by atoms with van der Waals surface area (Å²) in [5.74, 6) is -0.227. The summed E-state index contributed by atoms with van der Waals surface area (Å²) in [6.07, 6.45) is 5.62. The summed E-state index contributed by atoms with van der Waals surface area (Å²) in [5.41, 5.74) is 0.591. The number of phenolic OH excluding ortho intramolecular Hbond substituents is 1. The third-order valence-electron chi connectivity index (χ3n) is 5.30. The van der Waals surface area contributed by atoms with Crippen molar-refractivity contribution in [3.05, 3.63) is 23.8 Å². The predicted molar refractivity (Wildman–Crippen MR) is 100 cm³/mol. The van der Waals surface area contributed by atoms with E-state index in [0.29, 0.717) is 18.4 Å². The fourth-order valence-electron chi connectivity index (χ4n) is 3.75. The molecule has 1 aliphatic heterocycles. The van der Waals surface area contributed by atoms with Crippen molar-refractivity contribution < 1.29 is 14.7 Å². The number of anilines is 1. The molecule has 2 N–H and O–H groups in total. The van der Waals surface area contributed by atoms with Gasteiger partial charge in [0.05, 0.1) is 6.21 Å². The van der Waals surface area contributed by atoms with Crippen LogP contribution < -0.4 is 10.2 Å². The Morgan fingerprint density at radius 1 is 1.23 bits per heavy atom. The van der Waals surface area contributed by atoms with Gasteiger partial charge in [-0.05, 0) is 38.8 Å². The summed E-state index contributed by atoms with van der Waals surface area (Å²) in [5, 5.41) is 18.0. The van der Waals surface area contributed by atoms with Crippen LogP contribution in [-0.2, 0) is 4.79 Å². The minimum atomic E-state index is -0.790. The number of nitrogens with one attached hydrogen (secondary N) is 1. The third-order valence-corrected chi connectivity index (χ3v) is 5.30. The number of hydrogen-bond donors (Lipinski definition) is 2. The van der Waals surface area contributed by atoms with Crippen molar-refractivity contribution in [2.75, 3.05) is 18.0 Å². The zero-order chi connectivity index (χ0) is 18.7. The number of benzene rings is 1. The van der Waals surface area contributed by atoms with Gasteiger partial charge >= 0.3 is 6.03 Å². The Hall–Kier alpha value is -2.57. The van der Waals surface area contributed by atoms with Crippen LogP contribution in [0.4, 0.5) is 10.5 Å². The number of hydrazone groups is 1. The van der Waals surface area contributed by atoms with E-state index in [1.165, 1.54) is 6.21 Å². The maximum absolute atomic E-state index is 12.7. The molecule has 7 heteroatoms. The Labute approximate surface area is 153 Å². The highest BCUT2D eigenvalue weighted by molar-refractivity contribution is 6.07. The van der Waals surface area contributed by atoms with Crippen molar-refractivity contribution in [3.63, 3.8) is 0 Å². The summed E-state index contributed by atoms with van der Waals surface area (Å²) in [4.78, 5) is 27.0. The number of imide groups is 1. The number of phenols is 1. The van der Waals surface area contributed by atoms with E-state index in [9.17, 15) is 14.7 Å². The Morgan fingerprint density at radius 2 is 1.92 bits per heavy atom. The van der Waals surface area contributed by atoms with Gasteiger partial charge in [-0.25, -0.2) is 4.79 Å². The molecule has 1 spiro atoms. The molecule has 1 aliphatic carbocycles. The van der Waals surface area contributed by atoms with Gasteiger partial charge in [0, 0.05) is 30.4 Å². The first-order valence-corrected chi connectivity index (χ1v) is 9.29. The summed E-state index contributed by atoms with van der Waals surface area (Å²) in [7, 11) is 0. The van der Waals surface area contributed by atoms with Gasteiger partial charge in [0.25, 0.3) is 5.91 Å². The normalized spacial score (nSPS) is 19.4. The van der Waals surface area contributed by atoms with Crippen molar-refractivity contribution >= 4 is 23.8 Å². The number of amides is 3. The first-order chi connectivity index (χ1) is 12.5. The van der Waals surface area contributed by atoms with Gasteiger partial charge in [0.15, 0.2) is 0 Å². The van der Waals surface area contributed by atoms with E-state index in [1.54, 1.807) is 12.1 Å². The van der Waals surface area contributed by atoms with Crippen LogP contribution in [-0.4, -0.2) is 46.9 Å². The number of aromatic hydroxyl groups is 1. The van der Waals surface area contributed by atoms with Gasteiger partial charge in [-0.3, -0.25) is 4.79 Å². The van der Waals surface area contributed by atoms with Crippen LogP contribution >= 0.6 is 0 Å². The van der Waals surface area contributed by atoms with Gasteiger partial charge in [-0.2, -0.15) is 5.10 Å². The molecule has 1 aromatic carbocycles. The van der Waals surface area contributed by atoms with E-state index in [4.69, 9.17) is 0 Å². The summed E-state index contributed by atoms with van der Waals surface area (Å²) < 4.78 is 0. The quantitative estimate of drug-likeness (QED) is 0.626. The molecule has 1 saturated heterocycles. The Morgan fingerprint density at radius 3 is 2.54 bits per heavy atom. The lowest BCUT2D eigenvalue weighted by molar-refractivity contribution is -0.132. The highest BCUT2D eigenvalue weighted by Gasteiger charge is 2.51. The van der Waals surface area contributed by atoms with E-state index >= 15 is 0 Å². The second kappa shape index (κ2) is 7.35. The molecule has 2 aliphatic rings. The van der Waals surface area contributed by atoms with Gasteiger partial charge in [-0.15, -0.1) is 5.01 Å². The van der Waals surface area contributed by atoms with Crippen LogP contribution in [0, 0.1) is 0 Å². The van der Waals surface area contributed by atoms with Crippen LogP contribution in [0.5, 0.6) is 5.75 Å². The largest absolute Gasteiger partial charge is 0.507 e. The Balaban J connectivity index is 1.77. The molecule has 7 nitrogen and oxygen atoms in total. The van der Waals surface area contributed by atoms with Crippen molar-refractivity contribution in [1.29, 1.82) is 0 Å². The fourth-order valence-corrected chi connectivity index (χ4v) is 3.75. The predicted octanol–water partition coefficient (Wildman–Crippen LogP) is 2.83. The van der Waals surface area contributed by atoms with Crippen molar-refractivity contribution in [3.8, 4) is 5.75 Å². The van der Waals surface area contributed by atoms with Crippen LogP contribution in [0.3, 0.4) is 0 Å². The minimum Gasteiger partial charge on any atom is -0.507 e. The highest BCUT2D eigenvalue weighted by Crippen LogP contribution is 2.33. The monoisotopic (exact) mass is 358 g/mol. The van der Waals surface area contributed by atoms with Crippen LogP contribution in [0.1, 0.15) is 51.5 Å². The number of urea groups is 1. The molecule has 1 heterocycles. The van der Waals surface area contributed by atoms with Gasteiger partial charge < -0.3 is 15.3 Å². The lowest BCUT2D eigenvalue weighted by atomic mass is 9.82. The average Bonchev–Trinajstić information content (AvgIpc) is 2.86. The number of carbonyl (C=O) groups excluding carboxylic acids is 2. The zero-order valence-electron chi connectivity index (χ0n) is 15.4. The first-order valence-electron chi connectivity index (χ1n) is 9.29. The third kappa shape index (κ3) is 3.25. The molecule has 26 heavy (non-hydrogen) atoms. The lowest BCUT2D eigenvalue weighted by Gasteiger charge is -2.29. The second-order valence-electron chi connectivity index (χ2n) is 6.85. The molecule has 0 radical (unpaired) electrons. The molecule has 2 fully saturated rings. The zero-order valence-corrected chi connectivity index (χ0v) is 15.4. The maximum atomic E-state index is 12.7. The Bertz CT molecular complexity index is 721.